The topological polar surface area (TPSA) is 53.1 Å². The lowest BCUT2D eigenvalue weighted by Gasteiger charge is -2.07. The number of ether oxygens (including phenoxy) is 1. The van der Waals surface area contributed by atoms with Crippen molar-refractivity contribution in [2.75, 3.05) is 6.61 Å². The Labute approximate surface area is 137 Å². The van der Waals surface area contributed by atoms with E-state index >= 15 is 0 Å². The molecule has 5 nitrogen and oxygen atoms in total. The molecule has 1 aromatic carbocycles. The molecular formula is C17H17F2N3O2. The Morgan fingerprint density at radius 3 is 2.54 bits per heavy atom. The molecule has 0 unspecified atom stereocenters. The van der Waals surface area contributed by atoms with Gasteiger partial charge in [0.25, 0.3) is 6.43 Å². The van der Waals surface area contributed by atoms with Gasteiger partial charge in [0, 0.05) is 6.42 Å². The summed E-state index contributed by atoms with van der Waals surface area (Å²) in [6.45, 7) is 4.37. The predicted molar refractivity (Wildman–Crippen MR) is 84.6 cm³/mol. The van der Waals surface area contributed by atoms with Crippen LogP contribution in [0.4, 0.5) is 8.78 Å². The van der Waals surface area contributed by atoms with E-state index in [-0.39, 0.29) is 0 Å². The minimum absolute atomic E-state index is 0.333. The number of nitrogens with zero attached hydrogens (tertiary/aromatic N) is 3. The van der Waals surface area contributed by atoms with Gasteiger partial charge in [-0.3, -0.25) is 0 Å². The summed E-state index contributed by atoms with van der Waals surface area (Å²) in [7, 11) is 0. The first-order valence-electron chi connectivity index (χ1n) is 7.69. The molecular weight excluding hydrogens is 316 g/mol. The lowest BCUT2D eigenvalue weighted by molar-refractivity contribution is 0.140. The van der Waals surface area contributed by atoms with Gasteiger partial charge in [-0.1, -0.05) is 6.92 Å². The van der Waals surface area contributed by atoms with Crippen LogP contribution >= 0.6 is 0 Å². The monoisotopic (exact) mass is 333 g/mol. The first-order valence-corrected chi connectivity index (χ1v) is 7.69. The molecule has 0 amide bonds. The lowest BCUT2D eigenvalue weighted by Crippen LogP contribution is -2.01. The average molecular weight is 333 g/mol. The smallest absolute Gasteiger partial charge is 0.299 e. The molecule has 2 heterocycles. The van der Waals surface area contributed by atoms with Crippen molar-refractivity contribution < 1.29 is 17.9 Å². The average Bonchev–Trinajstić information content (AvgIpc) is 3.22. The molecule has 126 valence electrons. The molecule has 0 aliphatic rings. The molecule has 2 aromatic heterocycles. The maximum Gasteiger partial charge on any atom is 0.299 e. The van der Waals surface area contributed by atoms with E-state index in [1.807, 2.05) is 13.8 Å². The molecule has 0 saturated carbocycles. The molecule has 0 fully saturated rings. The Morgan fingerprint density at radius 1 is 1.17 bits per heavy atom. The molecule has 0 atom stereocenters. The SMILES string of the molecule is CCOc1ccc(-n2nc(C(F)F)nc2-c2ccoc2CC)cc1. The summed E-state index contributed by atoms with van der Waals surface area (Å²) < 4.78 is 38.4. The number of aryl methyl sites for hydroxylation is 1. The summed E-state index contributed by atoms with van der Waals surface area (Å²) in [6, 6.07) is 8.75. The summed E-state index contributed by atoms with van der Waals surface area (Å²) in [6.07, 6.45) is -0.597. The molecule has 0 aliphatic heterocycles. The largest absolute Gasteiger partial charge is 0.494 e. The van der Waals surface area contributed by atoms with Crippen LogP contribution in [0.2, 0.25) is 0 Å². The Bertz CT molecular complexity index is 810. The fourth-order valence-electron chi connectivity index (χ4n) is 2.44. The highest BCUT2D eigenvalue weighted by Gasteiger charge is 2.22. The Balaban J connectivity index is 2.09. The van der Waals surface area contributed by atoms with E-state index in [1.165, 1.54) is 10.9 Å². The minimum atomic E-state index is -2.75. The minimum Gasteiger partial charge on any atom is -0.494 e. The van der Waals surface area contributed by atoms with E-state index in [4.69, 9.17) is 9.15 Å². The van der Waals surface area contributed by atoms with Gasteiger partial charge in [-0.2, -0.15) is 0 Å². The van der Waals surface area contributed by atoms with Gasteiger partial charge in [0.1, 0.15) is 11.5 Å². The van der Waals surface area contributed by atoms with Crippen LogP contribution in [0.1, 0.15) is 31.9 Å². The van der Waals surface area contributed by atoms with Crippen LogP contribution in [-0.2, 0) is 6.42 Å². The summed E-state index contributed by atoms with van der Waals surface area (Å²) >= 11 is 0. The molecule has 7 heteroatoms. The number of aromatic nitrogens is 3. The van der Waals surface area contributed by atoms with Gasteiger partial charge in [0.15, 0.2) is 5.82 Å². The summed E-state index contributed by atoms with van der Waals surface area (Å²) in [4.78, 5) is 4.01. The summed E-state index contributed by atoms with van der Waals surface area (Å²) in [5.74, 6) is 1.20. The van der Waals surface area contributed by atoms with Crippen molar-refractivity contribution in [3.63, 3.8) is 0 Å². The van der Waals surface area contributed by atoms with Crippen molar-refractivity contribution in [2.24, 2.45) is 0 Å². The quantitative estimate of drug-likeness (QED) is 0.670. The second-order valence-electron chi connectivity index (χ2n) is 5.04. The Kier molecular flexibility index (Phi) is 4.59. The van der Waals surface area contributed by atoms with Gasteiger partial charge >= 0.3 is 0 Å². The molecule has 0 spiro atoms. The van der Waals surface area contributed by atoms with Crippen LogP contribution in [0.3, 0.4) is 0 Å². The number of hydrogen-bond acceptors (Lipinski definition) is 4. The van der Waals surface area contributed by atoms with Gasteiger partial charge in [-0.05, 0) is 37.3 Å². The van der Waals surface area contributed by atoms with Crippen molar-refractivity contribution in [3.05, 3.63) is 48.2 Å². The molecule has 24 heavy (non-hydrogen) atoms. The highest BCUT2D eigenvalue weighted by atomic mass is 19.3. The van der Waals surface area contributed by atoms with Crippen molar-refractivity contribution in [1.29, 1.82) is 0 Å². The number of furan rings is 1. The van der Waals surface area contributed by atoms with Crippen LogP contribution in [0, 0.1) is 0 Å². The summed E-state index contributed by atoms with van der Waals surface area (Å²) in [5.41, 5.74) is 1.28. The number of alkyl halides is 2. The van der Waals surface area contributed by atoms with Crippen LogP contribution in [-0.4, -0.2) is 21.4 Å². The third-order valence-electron chi connectivity index (χ3n) is 3.52. The zero-order chi connectivity index (χ0) is 17.1. The highest BCUT2D eigenvalue weighted by molar-refractivity contribution is 5.60. The van der Waals surface area contributed by atoms with Crippen LogP contribution in [0.5, 0.6) is 5.75 Å². The molecule has 0 bridgehead atoms. The van der Waals surface area contributed by atoms with Crippen molar-refractivity contribution in [3.8, 4) is 22.8 Å². The fraction of sp³-hybridized carbons (Fsp3) is 0.294. The Hall–Kier alpha value is -2.70. The standard InChI is InChI=1S/C17H17F2N3O2/c1-3-14-13(9-10-24-14)17-20-16(15(18)19)21-22(17)11-5-7-12(8-6-11)23-4-2/h5-10,15H,3-4H2,1-2H3. The molecule has 3 aromatic rings. The maximum atomic E-state index is 13.1. The van der Waals surface area contributed by atoms with Crippen LogP contribution < -0.4 is 4.74 Å². The molecule has 0 N–H and O–H groups in total. The first-order chi connectivity index (χ1) is 11.6. The number of halogens is 2. The molecule has 3 rings (SSSR count). The third-order valence-corrected chi connectivity index (χ3v) is 3.52. The van der Waals surface area contributed by atoms with E-state index in [2.05, 4.69) is 10.1 Å². The van der Waals surface area contributed by atoms with E-state index in [9.17, 15) is 8.78 Å². The molecule has 0 saturated heterocycles. The van der Waals surface area contributed by atoms with Crippen molar-refractivity contribution in [2.45, 2.75) is 26.7 Å². The fourth-order valence-corrected chi connectivity index (χ4v) is 2.44. The van der Waals surface area contributed by atoms with E-state index in [0.717, 1.165) is 0 Å². The first kappa shape index (κ1) is 16.2. The van der Waals surface area contributed by atoms with E-state index in [1.54, 1.807) is 30.3 Å². The zero-order valence-electron chi connectivity index (χ0n) is 13.4. The number of benzene rings is 1. The second-order valence-corrected chi connectivity index (χ2v) is 5.04. The van der Waals surface area contributed by atoms with E-state index < -0.39 is 12.2 Å². The van der Waals surface area contributed by atoms with Gasteiger partial charge in [0.2, 0.25) is 5.82 Å². The second kappa shape index (κ2) is 6.82. The maximum absolute atomic E-state index is 13.1. The van der Waals surface area contributed by atoms with Gasteiger partial charge in [-0.15, -0.1) is 5.10 Å². The zero-order valence-corrected chi connectivity index (χ0v) is 13.4. The van der Waals surface area contributed by atoms with Crippen molar-refractivity contribution >= 4 is 0 Å². The number of rotatable bonds is 6. The van der Waals surface area contributed by atoms with Crippen LogP contribution in [0.15, 0.2) is 41.0 Å². The predicted octanol–water partition coefficient (Wildman–Crippen LogP) is 4.43. The lowest BCUT2D eigenvalue weighted by atomic mass is 10.2. The van der Waals surface area contributed by atoms with Gasteiger partial charge in [0.05, 0.1) is 24.1 Å². The summed E-state index contributed by atoms with van der Waals surface area (Å²) in [5, 5.41) is 3.96. The molecule has 0 radical (unpaired) electrons. The number of hydrogen-bond donors (Lipinski definition) is 0. The van der Waals surface area contributed by atoms with E-state index in [0.29, 0.717) is 41.6 Å². The molecule has 0 aliphatic carbocycles. The normalized spacial score (nSPS) is 11.2. The third kappa shape index (κ3) is 3.02. The van der Waals surface area contributed by atoms with Crippen molar-refractivity contribution in [1.82, 2.24) is 14.8 Å². The highest BCUT2D eigenvalue weighted by Crippen LogP contribution is 2.29. The van der Waals surface area contributed by atoms with Gasteiger partial charge < -0.3 is 9.15 Å². The Morgan fingerprint density at radius 2 is 1.92 bits per heavy atom. The van der Waals surface area contributed by atoms with Gasteiger partial charge in [-0.25, -0.2) is 18.4 Å². The van der Waals surface area contributed by atoms with Crippen LogP contribution in [0.25, 0.3) is 17.1 Å².